The zero-order chi connectivity index (χ0) is 19.8. The van der Waals surface area contributed by atoms with Gasteiger partial charge in [-0.05, 0) is 43.0 Å². The van der Waals surface area contributed by atoms with E-state index in [9.17, 15) is 9.59 Å². The summed E-state index contributed by atoms with van der Waals surface area (Å²) in [4.78, 5) is 30.0. The summed E-state index contributed by atoms with van der Waals surface area (Å²) in [5.41, 5.74) is 2.42. The largest absolute Gasteiger partial charge is 0.342 e. The Bertz CT molecular complexity index is 1060. The molecule has 6 heteroatoms. The zero-order valence-corrected chi connectivity index (χ0v) is 16.3. The number of amides is 2. The molecule has 1 atom stereocenters. The summed E-state index contributed by atoms with van der Waals surface area (Å²) in [6, 6.07) is 15.9. The van der Waals surface area contributed by atoms with E-state index in [0.717, 1.165) is 43.3 Å². The number of benzene rings is 2. The number of nitrogens with one attached hydrogen (secondary N) is 1. The first-order valence-corrected chi connectivity index (χ1v) is 10.2. The lowest BCUT2D eigenvalue weighted by Crippen LogP contribution is -2.39. The van der Waals surface area contributed by atoms with Crippen molar-refractivity contribution in [1.29, 1.82) is 0 Å². The van der Waals surface area contributed by atoms with Crippen LogP contribution in [0.25, 0.3) is 10.9 Å². The van der Waals surface area contributed by atoms with Crippen LogP contribution in [-0.2, 0) is 11.2 Å². The van der Waals surface area contributed by atoms with Gasteiger partial charge in [0.15, 0.2) is 0 Å². The number of carbonyl (C=O) groups excluding carboxylic acids is 2. The lowest BCUT2D eigenvalue weighted by molar-refractivity contribution is -0.135. The maximum Gasteiger partial charge on any atom is 0.253 e. The van der Waals surface area contributed by atoms with Crippen molar-refractivity contribution < 1.29 is 9.59 Å². The topological polar surface area (TPSA) is 69.3 Å². The number of likely N-dealkylation sites (tertiary alicyclic amines) is 2. The Hall–Kier alpha value is -3.15. The molecule has 1 aromatic heterocycles. The number of rotatable bonds is 4. The molecule has 6 nitrogen and oxygen atoms in total. The predicted molar refractivity (Wildman–Crippen MR) is 110 cm³/mol. The second-order valence-electron chi connectivity index (χ2n) is 8.21. The molecule has 148 valence electrons. The van der Waals surface area contributed by atoms with Crippen molar-refractivity contribution in [3.8, 4) is 0 Å². The van der Waals surface area contributed by atoms with Gasteiger partial charge in [-0.25, -0.2) is 0 Å². The first-order chi connectivity index (χ1) is 14.1. The third kappa shape index (κ3) is 3.18. The fourth-order valence-electron chi connectivity index (χ4n) is 4.70. The Kier molecular flexibility index (Phi) is 4.34. The van der Waals surface area contributed by atoms with Crippen molar-refractivity contribution in [3.05, 3.63) is 65.9 Å². The van der Waals surface area contributed by atoms with Gasteiger partial charge in [-0.3, -0.25) is 14.7 Å². The number of H-pyrrole nitrogens is 1. The molecular formula is C23H24N4O2. The van der Waals surface area contributed by atoms with Crippen LogP contribution in [0.5, 0.6) is 0 Å². The fraction of sp³-hybridized carbons (Fsp3) is 0.348. The summed E-state index contributed by atoms with van der Waals surface area (Å²) < 4.78 is 0. The van der Waals surface area contributed by atoms with Crippen molar-refractivity contribution in [3.63, 3.8) is 0 Å². The molecule has 0 radical (unpaired) electrons. The van der Waals surface area contributed by atoms with E-state index < -0.39 is 5.41 Å². The maximum absolute atomic E-state index is 13.2. The van der Waals surface area contributed by atoms with Crippen molar-refractivity contribution in [2.45, 2.75) is 19.3 Å². The number of hydrogen-bond donors (Lipinski definition) is 1. The highest BCUT2D eigenvalue weighted by Crippen LogP contribution is 2.41. The van der Waals surface area contributed by atoms with Gasteiger partial charge in [0.1, 0.15) is 0 Å². The smallest absolute Gasteiger partial charge is 0.253 e. The summed E-state index contributed by atoms with van der Waals surface area (Å²) in [5.74, 6) is 0.217. The average Bonchev–Trinajstić information content (AvgIpc) is 3.47. The van der Waals surface area contributed by atoms with Crippen LogP contribution in [0.3, 0.4) is 0 Å². The summed E-state index contributed by atoms with van der Waals surface area (Å²) in [6.45, 7) is 2.70. The molecule has 3 heterocycles. The third-order valence-corrected chi connectivity index (χ3v) is 6.44. The molecule has 2 fully saturated rings. The molecule has 0 saturated carbocycles. The van der Waals surface area contributed by atoms with Gasteiger partial charge in [0.2, 0.25) is 5.91 Å². The quantitative estimate of drug-likeness (QED) is 0.747. The first kappa shape index (κ1) is 17.9. The molecule has 0 bridgehead atoms. The van der Waals surface area contributed by atoms with Gasteiger partial charge in [-0.15, -0.1) is 0 Å². The minimum atomic E-state index is -0.397. The van der Waals surface area contributed by atoms with Crippen molar-refractivity contribution in [2.75, 3.05) is 26.2 Å². The molecule has 2 aliphatic heterocycles. The summed E-state index contributed by atoms with van der Waals surface area (Å²) in [6.07, 6.45) is 4.19. The van der Waals surface area contributed by atoms with E-state index in [0.29, 0.717) is 18.7 Å². The van der Waals surface area contributed by atoms with Gasteiger partial charge in [0.05, 0.1) is 17.1 Å². The SMILES string of the molecule is O=C(c1ccc2[nH]ncc2c1)N1CCC2(CCN(CCc3ccccc3)C2=O)C1. The number of aromatic nitrogens is 2. The first-order valence-electron chi connectivity index (χ1n) is 10.2. The Morgan fingerprint density at radius 2 is 1.93 bits per heavy atom. The van der Waals surface area contributed by atoms with E-state index in [1.54, 1.807) is 6.20 Å². The second kappa shape index (κ2) is 7.03. The minimum absolute atomic E-state index is 0.000473. The maximum atomic E-state index is 13.2. The number of fused-ring (bicyclic) bond motifs is 1. The van der Waals surface area contributed by atoms with Crippen LogP contribution in [-0.4, -0.2) is 58.0 Å². The molecule has 1 spiro atoms. The monoisotopic (exact) mass is 388 g/mol. The van der Waals surface area contributed by atoms with E-state index >= 15 is 0 Å². The molecule has 1 unspecified atom stereocenters. The van der Waals surface area contributed by atoms with Gasteiger partial charge in [0, 0.05) is 37.1 Å². The van der Waals surface area contributed by atoms with E-state index in [1.807, 2.05) is 46.2 Å². The molecule has 2 aliphatic rings. The Morgan fingerprint density at radius 1 is 1.10 bits per heavy atom. The van der Waals surface area contributed by atoms with Crippen LogP contribution < -0.4 is 0 Å². The van der Waals surface area contributed by atoms with E-state index in [2.05, 4.69) is 22.3 Å². The highest BCUT2D eigenvalue weighted by molar-refractivity contribution is 5.98. The van der Waals surface area contributed by atoms with Crippen LogP contribution in [0, 0.1) is 5.41 Å². The third-order valence-electron chi connectivity index (χ3n) is 6.44. The molecule has 2 saturated heterocycles. The van der Waals surface area contributed by atoms with Crippen molar-refractivity contribution in [2.24, 2.45) is 5.41 Å². The van der Waals surface area contributed by atoms with Crippen molar-refractivity contribution in [1.82, 2.24) is 20.0 Å². The van der Waals surface area contributed by atoms with Crippen molar-refractivity contribution >= 4 is 22.7 Å². The Morgan fingerprint density at radius 3 is 2.79 bits per heavy atom. The number of aromatic amines is 1. The lowest BCUT2D eigenvalue weighted by Gasteiger charge is -2.24. The van der Waals surface area contributed by atoms with Gasteiger partial charge >= 0.3 is 0 Å². The zero-order valence-electron chi connectivity index (χ0n) is 16.3. The molecule has 3 aromatic rings. The van der Waals surface area contributed by atoms with Crippen LogP contribution >= 0.6 is 0 Å². The molecule has 29 heavy (non-hydrogen) atoms. The lowest BCUT2D eigenvalue weighted by atomic mass is 9.85. The number of nitrogens with zero attached hydrogens (tertiary/aromatic N) is 3. The summed E-state index contributed by atoms with van der Waals surface area (Å²) in [7, 11) is 0. The molecule has 2 aromatic carbocycles. The second-order valence-corrected chi connectivity index (χ2v) is 8.21. The standard InChI is InChI=1S/C23H24N4O2/c28-21(18-6-7-20-19(14-18)15-24-25-20)27-13-10-23(16-27)9-12-26(22(23)29)11-8-17-4-2-1-3-5-17/h1-7,14-15H,8-13,16H2,(H,24,25). The summed E-state index contributed by atoms with van der Waals surface area (Å²) in [5, 5.41) is 7.84. The minimum Gasteiger partial charge on any atom is -0.342 e. The van der Waals surface area contributed by atoms with Crippen LogP contribution in [0.2, 0.25) is 0 Å². The average molecular weight is 388 g/mol. The van der Waals surface area contributed by atoms with Crippen LogP contribution in [0.1, 0.15) is 28.8 Å². The number of carbonyl (C=O) groups is 2. The van der Waals surface area contributed by atoms with Gasteiger partial charge in [-0.2, -0.15) is 5.10 Å². The van der Waals surface area contributed by atoms with E-state index in [-0.39, 0.29) is 11.8 Å². The van der Waals surface area contributed by atoms with Crippen LogP contribution in [0.4, 0.5) is 0 Å². The highest BCUT2D eigenvalue weighted by Gasteiger charge is 2.51. The highest BCUT2D eigenvalue weighted by atomic mass is 16.2. The van der Waals surface area contributed by atoms with Crippen LogP contribution in [0.15, 0.2) is 54.7 Å². The van der Waals surface area contributed by atoms with Gasteiger partial charge < -0.3 is 9.80 Å². The molecular weight excluding hydrogens is 364 g/mol. The van der Waals surface area contributed by atoms with E-state index in [1.165, 1.54) is 5.56 Å². The molecule has 2 amide bonds. The summed E-state index contributed by atoms with van der Waals surface area (Å²) >= 11 is 0. The van der Waals surface area contributed by atoms with E-state index in [4.69, 9.17) is 0 Å². The molecule has 5 rings (SSSR count). The normalized spacial score (nSPS) is 21.6. The van der Waals surface area contributed by atoms with Gasteiger partial charge in [0.25, 0.3) is 5.91 Å². The Balaban J connectivity index is 1.25. The van der Waals surface area contributed by atoms with Gasteiger partial charge in [-0.1, -0.05) is 30.3 Å². The molecule has 0 aliphatic carbocycles. The predicted octanol–water partition coefficient (Wildman–Crippen LogP) is 2.87. The Labute approximate surface area is 169 Å². The number of hydrogen-bond acceptors (Lipinski definition) is 3. The molecule has 1 N–H and O–H groups in total. The fourth-order valence-corrected chi connectivity index (χ4v) is 4.70.